The molecule has 8 nitrogen and oxygen atoms in total. The molecule has 4 N–H and O–H groups in total. The second-order valence-electron chi connectivity index (χ2n) is 10.7. The van der Waals surface area contributed by atoms with Gasteiger partial charge in [-0.15, -0.1) is 0 Å². The van der Waals surface area contributed by atoms with Crippen LogP contribution >= 0.6 is 15.9 Å². The zero-order valence-corrected chi connectivity index (χ0v) is 26.9. The van der Waals surface area contributed by atoms with Gasteiger partial charge in [0.05, 0.1) is 24.2 Å². The molecule has 0 aromatic rings. The van der Waals surface area contributed by atoms with Gasteiger partial charge in [0, 0.05) is 30.0 Å². The number of esters is 1. The summed E-state index contributed by atoms with van der Waals surface area (Å²) in [5.74, 6) is -2.49. The van der Waals surface area contributed by atoms with Crippen LogP contribution in [-0.2, 0) is 19.1 Å². The average Bonchev–Trinajstić information content (AvgIpc) is 2.96. The van der Waals surface area contributed by atoms with Gasteiger partial charge in [-0.1, -0.05) is 96.5 Å². The van der Waals surface area contributed by atoms with Gasteiger partial charge < -0.3 is 29.9 Å². The summed E-state index contributed by atoms with van der Waals surface area (Å²) in [6.45, 7) is 5.86. The lowest BCUT2D eigenvalue weighted by molar-refractivity contribution is -0.159. The molecule has 0 heterocycles. The molecule has 236 valence electrons. The third-order valence-electron chi connectivity index (χ3n) is 7.26. The van der Waals surface area contributed by atoms with Crippen molar-refractivity contribution in [3.05, 3.63) is 70.8 Å². The van der Waals surface area contributed by atoms with Gasteiger partial charge in [0.1, 0.15) is 12.2 Å². The van der Waals surface area contributed by atoms with Crippen molar-refractivity contribution in [1.82, 2.24) is 0 Å². The van der Waals surface area contributed by atoms with Crippen LogP contribution in [0.4, 0.5) is 0 Å². The Kier molecular flexibility index (Phi) is 19.2. The van der Waals surface area contributed by atoms with Crippen LogP contribution in [0.15, 0.2) is 70.8 Å². The van der Waals surface area contributed by atoms with Gasteiger partial charge in [-0.25, -0.2) is 4.79 Å². The Balaban J connectivity index is 2.55. The Labute approximate surface area is 259 Å². The summed E-state index contributed by atoms with van der Waals surface area (Å²) in [5.41, 5.74) is 0.918. The van der Waals surface area contributed by atoms with E-state index >= 15 is 0 Å². The van der Waals surface area contributed by atoms with E-state index in [0.717, 1.165) is 35.7 Å². The number of carboxylic acids is 1. The first-order valence-electron chi connectivity index (χ1n) is 14.7. The average molecular weight is 654 g/mol. The maximum absolute atomic E-state index is 12.1. The summed E-state index contributed by atoms with van der Waals surface area (Å²) in [4.78, 5) is 23.2. The Bertz CT molecular complexity index is 996. The van der Waals surface area contributed by atoms with Gasteiger partial charge >= 0.3 is 11.9 Å². The summed E-state index contributed by atoms with van der Waals surface area (Å²) < 4.78 is 11.5. The third kappa shape index (κ3) is 14.7. The molecule has 0 spiro atoms. The van der Waals surface area contributed by atoms with Crippen LogP contribution in [0.5, 0.6) is 0 Å². The number of carbonyl (C=O) groups is 2. The first kappa shape index (κ1) is 37.7. The summed E-state index contributed by atoms with van der Waals surface area (Å²) in [6, 6.07) is 0. The predicted molar refractivity (Wildman–Crippen MR) is 169 cm³/mol. The van der Waals surface area contributed by atoms with Gasteiger partial charge in [0.25, 0.3) is 0 Å². The molecule has 1 fully saturated rings. The van der Waals surface area contributed by atoms with Crippen molar-refractivity contribution in [1.29, 1.82) is 0 Å². The predicted octanol–water partition coefficient (Wildman–Crippen LogP) is 5.94. The fourth-order valence-corrected chi connectivity index (χ4v) is 5.02. The highest BCUT2D eigenvalue weighted by atomic mass is 79.9. The highest BCUT2D eigenvalue weighted by molar-refractivity contribution is 9.11. The number of hydrogen-bond donors (Lipinski definition) is 4. The van der Waals surface area contributed by atoms with Gasteiger partial charge in [0.15, 0.2) is 0 Å². The maximum atomic E-state index is 12.1. The van der Waals surface area contributed by atoms with Crippen LogP contribution in [0, 0.1) is 11.8 Å². The van der Waals surface area contributed by atoms with E-state index in [1.807, 2.05) is 38.2 Å². The van der Waals surface area contributed by atoms with Crippen LogP contribution in [0.1, 0.15) is 72.1 Å². The topological polar surface area (TPSA) is 134 Å². The molecular formula is C33H49BrO8. The van der Waals surface area contributed by atoms with Crippen LogP contribution in [0.25, 0.3) is 0 Å². The van der Waals surface area contributed by atoms with Crippen LogP contribution < -0.4 is 0 Å². The summed E-state index contributed by atoms with van der Waals surface area (Å²) in [6.07, 6.45) is 19.1. The highest BCUT2D eigenvalue weighted by Gasteiger charge is 2.35. The van der Waals surface area contributed by atoms with Crippen molar-refractivity contribution in [2.45, 2.75) is 103 Å². The Morgan fingerprint density at radius 1 is 1.02 bits per heavy atom. The number of methoxy groups -OCH3 is 1. The SMILES string of the molecule is CC/C=C/CCCCC(O)C(OC)C(O)C(C)/C(Br)=C/C=C/C=C(C)/C=C/C=C/C(=O)OC1CC(C(=O)O)CCC1O. The van der Waals surface area contributed by atoms with Crippen LogP contribution in [-0.4, -0.2) is 70.0 Å². The van der Waals surface area contributed by atoms with E-state index in [-0.39, 0.29) is 18.8 Å². The Morgan fingerprint density at radius 3 is 2.38 bits per heavy atom. The molecule has 0 amide bonds. The van der Waals surface area contributed by atoms with E-state index in [9.17, 15) is 24.9 Å². The molecule has 1 aliphatic rings. The standard InChI is InChI=1S/C33H49BrO8/c1-5-6-7-8-9-10-18-28(36)32(41-4)31(38)24(3)26(34)17-13-11-15-23(2)16-12-14-19-30(37)42-29-22-25(33(39)40)20-21-27(29)35/h6-7,11-17,19,24-25,27-29,31-32,35-36,38H,5,8-10,18,20-22H2,1-4H3,(H,39,40)/b7-6+,13-11+,16-12+,19-14+,23-15+,26-17-. The summed E-state index contributed by atoms with van der Waals surface area (Å²) in [7, 11) is 1.50. The molecule has 0 radical (unpaired) electrons. The number of halogens is 1. The molecule has 0 aliphatic heterocycles. The largest absolute Gasteiger partial charge is 0.481 e. The molecule has 0 saturated heterocycles. The van der Waals surface area contributed by atoms with Gasteiger partial charge in [-0.2, -0.15) is 0 Å². The van der Waals surface area contributed by atoms with Gasteiger partial charge in [-0.05, 0) is 45.4 Å². The monoisotopic (exact) mass is 652 g/mol. The molecule has 1 rings (SSSR count). The number of carbonyl (C=O) groups excluding carboxylic acids is 1. The second-order valence-corrected chi connectivity index (χ2v) is 11.6. The summed E-state index contributed by atoms with van der Waals surface area (Å²) in [5, 5.41) is 40.6. The lowest BCUT2D eigenvalue weighted by atomic mass is 9.85. The zero-order valence-electron chi connectivity index (χ0n) is 25.3. The molecule has 1 aliphatic carbocycles. The Morgan fingerprint density at radius 2 is 1.71 bits per heavy atom. The van der Waals surface area contributed by atoms with E-state index in [1.54, 1.807) is 12.2 Å². The lowest BCUT2D eigenvalue weighted by Gasteiger charge is -2.30. The fourth-order valence-electron chi connectivity index (χ4n) is 4.59. The van der Waals surface area contributed by atoms with E-state index in [0.29, 0.717) is 12.8 Å². The number of aliphatic carboxylic acids is 1. The first-order chi connectivity index (χ1) is 20.0. The van der Waals surface area contributed by atoms with E-state index in [1.165, 1.54) is 19.3 Å². The molecule has 0 aromatic heterocycles. The minimum Gasteiger partial charge on any atom is -0.481 e. The molecule has 7 unspecified atom stereocenters. The van der Waals surface area contributed by atoms with E-state index in [2.05, 4.69) is 35.0 Å². The maximum Gasteiger partial charge on any atom is 0.331 e. The Hall–Kier alpha value is -2.30. The van der Waals surface area contributed by atoms with Crippen molar-refractivity contribution in [3.63, 3.8) is 0 Å². The number of aliphatic hydroxyl groups excluding tert-OH is 3. The molecule has 1 saturated carbocycles. The van der Waals surface area contributed by atoms with E-state index in [4.69, 9.17) is 14.6 Å². The normalized spacial score (nSPS) is 23.6. The highest BCUT2D eigenvalue weighted by Crippen LogP contribution is 2.28. The van der Waals surface area contributed by atoms with Crippen molar-refractivity contribution in [2.24, 2.45) is 11.8 Å². The number of rotatable bonds is 18. The number of carboxylic acid groups (broad SMARTS) is 1. The van der Waals surface area contributed by atoms with Crippen LogP contribution in [0.3, 0.4) is 0 Å². The first-order valence-corrected chi connectivity index (χ1v) is 15.5. The van der Waals surface area contributed by atoms with Gasteiger partial charge in [-0.3, -0.25) is 4.79 Å². The molecule has 42 heavy (non-hydrogen) atoms. The number of ether oxygens (including phenoxy) is 2. The molecule has 9 heteroatoms. The fraction of sp³-hybridized carbons (Fsp3) is 0.576. The summed E-state index contributed by atoms with van der Waals surface area (Å²) >= 11 is 3.53. The minimum atomic E-state index is -0.945. The quantitative estimate of drug-likeness (QED) is 0.0470. The molecule has 0 bridgehead atoms. The minimum absolute atomic E-state index is 0.106. The number of allylic oxidation sites excluding steroid dienone is 10. The zero-order chi connectivity index (χ0) is 31.5. The molecule has 0 aromatic carbocycles. The second kappa shape index (κ2) is 21.4. The van der Waals surface area contributed by atoms with Gasteiger partial charge in [0.2, 0.25) is 0 Å². The van der Waals surface area contributed by atoms with E-state index < -0.39 is 48.4 Å². The molecule has 7 atom stereocenters. The molecular weight excluding hydrogens is 604 g/mol. The van der Waals surface area contributed by atoms with Crippen molar-refractivity contribution in [2.75, 3.05) is 7.11 Å². The van der Waals surface area contributed by atoms with Crippen molar-refractivity contribution < 1.29 is 39.5 Å². The number of aliphatic hydroxyl groups is 3. The number of unbranched alkanes of at least 4 members (excludes halogenated alkanes) is 2. The smallest absolute Gasteiger partial charge is 0.331 e. The van der Waals surface area contributed by atoms with Crippen molar-refractivity contribution >= 4 is 27.9 Å². The van der Waals surface area contributed by atoms with Crippen molar-refractivity contribution in [3.8, 4) is 0 Å². The number of hydrogen-bond acceptors (Lipinski definition) is 7. The lowest BCUT2D eigenvalue weighted by Crippen LogP contribution is -2.42. The van der Waals surface area contributed by atoms with Crippen LogP contribution in [0.2, 0.25) is 0 Å². The third-order valence-corrected chi connectivity index (χ3v) is 8.25.